The van der Waals surface area contributed by atoms with Gasteiger partial charge in [-0.2, -0.15) is 13.2 Å². The maximum atomic E-state index is 15.8. The number of nitrogens with one attached hydrogen (secondary N) is 1. The van der Waals surface area contributed by atoms with E-state index in [1.54, 1.807) is 6.20 Å². The molecule has 3 N–H and O–H groups in total. The van der Waals surface area contributed by atoms with Crippen molar-refractivity contribution >= 4 is 34.0 Å². The number of hydrogen-bond donors (Lipinski definition) is 2. The van der Waals surface area contributed by atoms with Crippen LogP contribution < -0.4 is 26.1 Å². The van der Waals surface area contributed by atoms with Crippen molar-refractivity contribution in [1.82, 2.24) is 9.88 Å². The molecule has 12 heteroatoms. The van der Waals surface area contributed by atoms with Crippen LogP contribution in [0.2, 0.25) is 5.02 Å². The van der Waals surface area contributed by atoms with E-state index in [1.165, 1.54) is 25.3 Å². The first-order valence-corrected chi connectivity index (χ1v) is 13.4. The number of nitrogens with two attached hydrogens (primary N) is 1. The maximum Gasteiger partial charge on any atom is 0.416 e. The maximum absolute atomic E-state index is 15.8. The fourth-order valence-electron chi connectivity index (χ4n) is 5.47. The molecule has 214 valence electrons. The van der Waals surface area contributed by atoms with Crippen LogP contribution in [-0.4, -0.2) is 42.7 Å². The van der Waals surface area contributed by atoms with E-state index in [0.29, 0.717) is 24.3 Å². The molecule has 0 bridgehead atoms. The van der Waals surface area contributed by atoms with Gasteiger partial charge in [0.1, 0.15) is 11.5 Å². The molecule has 0 radical (unpaired) electrons. The molecule has 2 unspecified atom stereocenters. The van der Waals surface area contributed by atoms with Crippen LogP contribution in [0.4, 0.5) is 23.2 Å². The van der Waals surface area contributed by atoms with Crippen LogP contribution >= 0.6 is 11.6 Å². The van der Waals surface area contributed by atoms with Crippen LogP contribution in [0.3, 0.4) is 0 Å². The molecule has 2 aromatic carbocycles. The number of fused-ring (bicyclic) bond motifs is 1. The van der Waals surface area contributed by atoms with Gasteiger partial charge in [0, 0.05) is 42.4 Å². The first-order chi connectivity index (χ1) is 18.9. The van der Waals surface area contributed by atoms with Gasteiger partial charge in [-0.3, -0.25) is 9.79 Å². The topological polar surface area (TPSA) is 84.9 Å². The van der Waals surface area contributed by atoms with Crippen molar-refractivity contribution in [3.8, 4) is 5.75 Å². The quantitative estimate of drug-likeness (QED) is 0.237. The Balaban J connectivity index is 1.63. The summed E-state index contributed by atoms with van der Waals surface area (Å²) < 4.78 is 64.0. The fraction of sp³-hybridized carbons (Fsp3) is 0.429. The summed E-state index contributed by atoms with van der Waals surface area (Å²) in [6.45, 7) is 4.72. The number of piperazine rings is 1. The minimum absolute atomic E-state index is 0.0134. The van der Waals surface area contributed by atoms with Gasteiger partial charge < -0.3 is 25.3 Å². The molecule has 1 aliphatic carbocycles. The lowest BCUT2D eigenvalue weighted by Gasteiger charge is -2.38. The van der Waals surface area contributed by atoms with Crippen molar-refractivity contribution in [3.05, 3.63) is 68.2 Å². The SMILES string of the molecule is COc1c(N2CC(C)NC(C)C2)c(F)cc2c(=O)c(C(N)=NCc3ccc(Cl)cc3C(F)(F)F)cn(C3CC3)c12. The van der Waals surface area contributed by atoms with Crippen molar-refractivity contribution in [2.75, 3.05) is 25.1 Å². The van der Waals surface area contributed by atoms with Crippen LogP contribution in [-0.2, 0) is 12.7 Å². The molecule has 2 fully saturated rings. The summed E-state index contributed by atoms with van der Waals surface area (Å²) in [5.74, 6) is -0.579. The Morgan fingerprint density at radius 2 is 1.88 bits per heavy atom. The fourth-order valence-corrected chi connectivity index (χ4v) is 5.64. The molecule has 40 heavy (non-hydrogen) atoms. The van der Waals surface area contributed by atoms with Gasteiger partial charge in [0.2, 0.25) is 5.43 Å². The van der Waals surface area contributed by atoms with Crippen molar-refractivity contribution in [1.29, 1.82) is 0 Å². The molecule has 7 nitrogen and oxygen atoms in total. The smallest absolute Gasteiger partial charge is 0.416 e. The number of pyridine rings is 1. The normalized spacial score (nSPS) is 20.3. The predicted molar refractivity (Wildman–Crippen MR) is 148 cm³/mol. The summed E-state index contributed by atoms with van der Waals surface area (Å²) in [6.07, 6.45) is -1.41. The van der Waals surface area contributed by atoms with Crippen LogP contribution in [0.15, 0.2) is 40.2 Å². The molecular weight excluding hydrogens is 550 g/mol. The van der Waals surface area contributed by atoms with Crippen molar-refractivity contribution in [2.24, 2.45) is 10.7 Å². The lowest BCUT2D eigenvalue weighted by atomic mass is 10.0. The Labute approximate surface area is 233 Å². The zero-order chi connectivity index (χ0) is 28.9. The van der Waals surface area contributed by atoms with E-state index in [0.717, 1.165) is 18.9 Å². The van der Waals surface area contributed by atoms with Crippen LogP contribution in [0.5, 0.6) is 5.75 Å². The van der Waals surface area contributed by atoms with Gasteiger partial charge in [-0.15, -0.1) is 0 Å². The van der Waals surface area contributed by atoms with Crippen molar-refractivity contribution in [3.63, 3.8) is 0 Å². The average molecular weight is 580 g/mol. The Morgan fingerprint density at radius 1 is 1.20 bits per heavy atom. The molecule has 0 spiro atoms. The summed E-state index contributed by atoms with van der Waals surface area (Å²) in [5, 5.41) is 3.43. The van der Waals surface area contributed by atoms with E-state index in [4.69, 9.17) is 22.1 Å². The molecule has 2 aliphatic rings. The molecule has 2 heterocycles. The van der Waals surface area contributed by atoms with E-state index in [1.807, 2.05) is 23.3 Å². The van der Waals surface area contributed by atoms with Gasteiger partial charge in [0.15, 0.2) is 11.6 Å². The number of hydrogen-bond acceptors (Lipinski definition) is 5. The first-order valence-electron chi connectivity index (χ1n) is 13.0. The molecule has 1 saturated heterocycles. The highest BCUT2D eigenvalue weighted by molar-refractivity contribution is 6.30. The largest absolute Gasteiger partial charge is 0.492 e. The monoisotopic (exact) mass is 579 g/mol. The highest BCUT2D eigenvalue weighted by atomic mass is 35.5. The average Bonchev–Trinajstić information content (AvgIpc) is 3.72. The van der Waals surface area contributed by atoms with Gasteiger partial charge >= 0.3 is 6.18 Å². The number of halogens is 5. The first kappa shape index (κ1) is 28.2. The van der Waals surface area contributed by atoms with Crippen LogP contribution in [0.1, 0.15) is 49.4 Å². The highest BCUT2D eigenvalue weighted by Crippen LogP contribution is 2.44. The van der Waals surface area contributed by atoms with Gasteiger partial charge in [-0.1, -0.05) is 17.7 Å². The molecule has 2 atom stereocenters. The Hall–Kier alpha value is -3.31. The lowest BCUT2D eigenvalue weighted by molar-refractivity contribution is -0.138. The van der Waals surface area contributed by atoms with E-state index in [2.05, 4.69) is 10.3 Å². The number of nitrogens with zero attached hydrogens (tertiary/aromatic N) is 3. The van der Waals surface area contributed by atoms with Crippen molar-refractivity contribution in [2.45, 2.75) is 57.5 Å². The Morgan fingerprint density at radius 3 is 2.48 bits per heavy atom. The second kappa shape index (κ2) is 10.6. The second-order valence-corrected chi connectivity index (χ2v) is 11.0. The number of amidine groups is 1. The van der Waals surface area contributed by atoms with E-state index < -0.39 is 29.5 Å². The van der Waals surface area contributed by atoms with Gasteiger partial charge in [0.05, 0.1) is 35.7 Å². The number of alkyl halides is 3. The van der Waals surface area contributed by atoms with Crippen molar-refractivity contribution < 1.29 is 22.3 Å². The van der Waals surface area contributed by atoms with Gasteiger partial charge in [0.25, 0.3) is 0 Å². The third-order valence-corrected chi connectivity index (χ3v) is 7.52. The molecule has 1 aliphatic heterocycles. The second-order valence-electron chi connectivity index (χ2n) is 10.5. The zero-order valence-electron chi connectivity index (χ0n) is 22.3. The minimum Gasteiger partial charge on any atom is -0.492 e. The lowest BCUT2D eigenvalue weighted by Crippen LogP contribution is -2.54. The van der Waals surface area contributed by atoms with Gasteiger partial charge in [-0.25, -0.2) is 4.39 Å². The van der Waals surface area contributed by atoms with Gasteiger partial charge in [-0.05, 0) is 50.5 Å². The van der Waals surface area contributed by atoms with E-state index >= 15 is 4.39 Å². The summed E-state index contributed by atoms with van der Waals surface area (Å²) >= 11 is 5.77. The summed E-state index contributed by atoms with van der Waals surface area (Å²) in [4.78, 5) is 19.7. The van der Waals surface area contributed by atoms with E-state index in [9.17, 15) is 18.0 Å². The van der Waals surface area contributed by atoms with E-state index in [-0.39, 0.29) is 51.2 Å². The number of benzene rings is 2. The molecule has 5 rings (SSSR count). The highest BCUT2D eigenvalue weighted by Gasteiger charge is 2.34. The summed E-state index contributed by atoms with van der Waals surface area (Å²) in [6, 6.07) is 4.85. The third kappa shape index (κ3) is 5.36. The molecule has 3 aromatic rings. The number of methoxy groups -OCH3 is 1. The Bertz CT molecular complexity index is 1540. The summed E-state index contributed by atoms with van der Waals surface area (Å²) in [7, 11) is 1.45. The number of rotatable bonds is 6. The minimum atomic E-state index is -4.64. The predicted octanol–water partition coefficient (Wildman–Crippen LogP) is 5.25. The molecule has 1 saturated carbocycles. The standard InChI is InChI=1S/C28H30ClF4N5O2/c1-14-11-37(12-15(2)36-14)24-22(30)9-19-23(26(24)40-3)38(18-6-7-18)13-20(25(19)39)27(34)35-10-16-4-5-17(29)8-21(16)28(31,32)33/h4-5,8-9,13-15,18,36H,6-7,10-12H2,1-3H3,(H2,34,35). The molecular formula is C28H30ClF4N5O2. The number of anilines is 1. The summed E-state index contributed by atoms with van der Waals surface area (Å²) in [5.41, 5.74) is 5.28. The zero-order valence-corrected chi connectivity index (χ0v) is 23.0. The molecule has 0 amide bonds. The van der Waals surface area contributed by atoms with Crippen LogP contribution in [0.25, 0.3) is 10.9 Å². The Kier molecular flexibility index (Phi) is 7.47. The van der Waals surface area contributed by atoms with Crippen LogP contribution in [0, 0.1) is 5.82 Å². The third-order valence-electron chi connectivity index (χ3n) is 7.29. The number of ether oxygens (including phenoxy) is 1. The molecule has 1 aromatic heterocycles. The number of aromatic nitrogens is 1. The number of aliphatic imine (C=N–C) groups is 1.